The maximum atomic E-state index is 14.3. The molecule has 1 amide bonds. The molecule has 0 radical (unpaired) electrons. The number of nitrogens with zero attached hydrogens (tertiary/aromatic N) is 5. The number of benzene rings is 1. The number of aromatic nitrogens is 4. The van der Waals surface area contributed by atoms with Gasteiger partial charge in [-0.2, -0.15) is 9.47 Å². The summed E-state index contributed by atoms with van der Waals surface area (Å²) in [5.74, 6) is 0.533. The minimum atomic E-state index is -0.355. The molecule has 1 aliphatic rings. The molecule has 0 aliphatic carbocycles. The first-order valence-corrected chi connectivity index (χ1v) is 12.3. The van der Waals surface area contributed by atoms with Gasteiger partial charge < -0.3 is 20.2 Å². The fourth-order valence-corrected chi connectivity index (χ4v) is 5.41. The SMILES string of the molecule is C.CC(=O)N1CCC(n2cc(-c3cnc(N)c4oc(-c5cc(F)cc6cnsc56)cc34)cn2)CC1.O=CO. The van der Waals surface area contributed by atoms with Crippen LogP contribution in [0.5, 0.6) is 0 Å². The Morgan fingerprint density at radius 2 is 1.95 bits per heavy atom. The van der Waals surface area contributed by atoms with Gasteiger partial charge in [-0.15, -0.1) is 0 Å². The Morgan fingerprint density at radius 1 is 1.21 bits per heavy atom. The van der Waals surface area contributed by atoms with Crippen molar-refractivity contribution in [2.45, 2.75) is 33.2 Å². The predicted octanol–water partition coefficient (Wildman–Crippen LogP) is 5.21. The second-order valence-corrected chi connectivity index (χ2v) is 9.46. The number of pyridine rings is 1. The number of rotatable bonds is 3. The van der Waals surface area contributed by atoms with Crippen LogP contribution in [-0.2, 0) is 9.59 Å². The van der Waals surface area contributed by atoms with Crippen LogP contribution in [0, 0.1) is 5.82 Å². The molecule has 0 spiro atoms. The van der Waals surface area contributed by atoms with Gasteiger partial charge in [-0.05, 0) is 42.6 Å². The van der Waals surface area contributed by atoms with E-state index < -0.39 is 0 Å². The molecular formula is C26H27FN6O4S. The Bertz CT molecular complexity index is 1600. The second-order valence-electron chi connectivity index (χ2n) is 8.66. The van der Waals surface area contributed by atoms with Crippen LogP contribution in [-0.4, -0.2) is 54.6 Å². The zero-order valence-electron chi connectivity index (χ0n) is 19.8. The molecule has 38 heavy (non-hydrogen) atoms. The minimum absolute atomic E-state index is 0. The average Bonchev–Trinajstić information content (AvgIpc) is 3.64. The average molecular weight is 539 g/mol. The van der Waals surface area contributed by atoms with E-state index in [2.05, 4.69) is 14.5 Å². The lowest BCUT2D eigenvalue weighted by molar-refractivity contribution is -0.130. The number of furan rings is 1. The molecule has 198 valence electrons. The van der Waals surface area contributed by atoms with E-state index in [9.17, 15) is 9.18 Å². The van der Waals surface area contributed by atoms with E-state index in [0.717, 1.165) is 52.5 Å². The highest BCUT2D eigenvalue weighted by Crippen LogP contribution is 2.40. The van der Waals surface area contributed by atoms with Crippen LogP contribution in [0.4, 0.5) is 10.2 Å². The van der Waals surface area contributed by atoms with Crippen molar-refractivity contribution in [1.82, 2.24) is 24.0 Å². The van der Waals surface area contributed by atoms with Crippen molar-refractivity contribution in [3.05, 3.63) is 48.8 Å². The summed E-state index contributed by atoms with van der Waals surface area (Å²) in [5.41, 5.74) is 8.95. The van der Waals surface area contributed by atoms with Crippen LogP contribution in [0.25, 0.3) is 43.5 Å². The van der Waals surface area contributed by atoms with Crippen molar-refractivity contribution in [2.24, 2.45) is 0 Å². The first-order chi connectivity index (χ1) is 17.9. The summed E-state index contributed by atoms with van der Waals surface area (Å²) in [6, 6.07) is 5.02. The summed E-state index contributed by atoms with van der Waals surface area (Å²) in [5, 5.41) is 13.0. The van der Waals surface area contributed by atoms with E-state index in [1.54, 1.807) is 25.5 Å². The molecule has 0 unspecified atom stereocenters. The molecular weight excluding hydrogens is 511 g/mol. The van der Waals surface area contributed by atoms with Gasteiger partial charge in [-0.25, -0.2) is 9.37 Å². The number of hydrogen-bond donors (Lipinski definition) is 2. The lowest BCUT2D eigenvalue weighted by Crippen LogP contribution is -2.37. The molecule has 0 atom stereocenters. The maximum absolute atomic E-state index is 14.3. The molecule has 3 N–H and O–H groups in total. The van der Waals surface area contributed by atoms with Crippen LogP contribution in [0.3, 0.4) is 0 Å². The van der Waals surface area contributed by atoms with Gasteiger partial charge in [0.1, 0.15) is 11.6 Å². The molecule has 1 aliphatic heterocycles. The summed E-state index contributed by atoms with van der Waals surface area (Å²) in [6.45, 7) is 2.82. The summed E-state index contributed by atoms with van der Waals surface area (Å²) in [6.07, 6.45) is 8.88. The van der Waals surface area contributed by atoms with Gasteiger partial charge in [-0.1, -0.05) is 7.43 Å². The van der Waals surface area contributed by atoms with E-state index in [1.165, 1.54) is 23.7 Å². The predicted molar refractivity (Wildman–Crippen MR) is 144 cm³/mol. The molecule has 1 fully saturated rings. The van der Waals surface area contributed by atoms with E-state index in [4.69, 9.17) is 20.1 Å². The minimum Gasteiger partial charge on any atom is -0.483 e. The van der Waals surface area contributed by atoms with Gasteiger partial charge in [0.25, 0.3) is 6.47 Å². The van der Waals surface area contributed by atoms with Gasteiger partial charge in [-0.3, -0.25) is 14.3 Å². The second kappa shape index (κ2) is 11.0. The van der Waals surface area contributed by atoms with Crippen LogP contribution in [0.2, 0.25) is 0 Å². The Balaban J connectivity index is 0.000000804. The van der Waals surface area contributed by atoms with E-state index in [1.807, 2.05) is 21.8 Å². The normalized spacial score (nSPS) is 13.7. The zero-order chi connectivity index (χ0) is 26.1. The number of carboxylic acid groups (broad SMARTS) is 1. The number of halogens is 1. The summed E-state index contributed by atoms with van der Waals surface area (Å²) < 4.78 is 27.3. The third-order valence-corrected chi connectivity index (χ3v) is 7.32. The maximum Gasteiger partial charge on any atom is 0.290 e. The fourth-order valence-electron chi connectivity index (χ4n) is 4.66. The molecule has 10 nitrogen and oxygen atoms in total. The highest BCUT2D eigenvalue weighted by molar-refractivity contribution is 7.13. The van der Waals surface area contributed by atoms with Gasteiger partial charge in [0.15, 0.2) is 11.4 Å². The monoisotopic (exact) mass is 538 g/mol. The molecule has 1 saturated heterocycles. The third kappa shape index (κ3) is 4.94. The van der Waals surface area contributed by atoms with Gasteiger partial charge in [0.2, 0.25) is 5.91 Å². The Hall–Kier alpha value is -4.32. The number of carbonyl (C=O) groups is 2. The molecule has 4 aromatic heterocycles. The highest BCUT2D eigenvalue weighted by Gasteiger charge is 2.23. The number of nitrogen functional groups attached to an aromatic ring is 1. The van der Waals surface area contributed by atoms with Crippen molar-refractivity contribution >= 4 is 50.8 Å². The number of carbonyl (C=O) groups excluding carboxylic acids is 1. The van der Waals surface area contributed by atoms with Crippen LogP contribution < -0.4 is 5.73 Å². The summed E-state index contributed by atoms with van der Waals surface area (Å²) in [4.78, 5) is 26.2. The van der Waals surface area contributed by atoms with Gasteiger partial charge >= 0.3 is 0 Å². The zero-order valence-corrected chi connectivity index (χ0v) is 20.6. The number of anilines is 1. The van der Waals surface area contributed by atoms with Crippen molar-refractivity contribution < 1.29 is 23.5 Å². The quantitative estimate of drug-likeness (QED) is 0.298. The standard InChI is InChI=1S/C24H21FN6O2S.CH2O2.CH4/c1-13(32)30-4-2-17(3-5-30)31-12-15(9-28-31)20-11-27-24(26)22-18(20)8-21(33-22)19-7-16(25)6-14-10-29-34-23(14)19;2-1-3;/h6-12,17H,2-5H2,1H3,(H2,26,27);1H,(H,2,3);1H4. The number of hydrogen-bond acceptors (Lipinski definition) is 8. The number of piperidine rings is 1. The highest BCUT2D eigenvalue weighted by atomic mass is 32.1. The van der Waals surface area contributed by atoms with Crippen molar-refractivity contribution in [2.75, 3.05) is 18.8 Å². The Labute approximate surface area is 221 Å². The molecule has 1 aromatic carbocycles. The Morgan fingerprint density at radius 3 is 2.66 bits per heavy atom. The Kier molecular flexibility index (Phi) is 7.72. The van der Waals surface area contributed by atoms with E-state index in [-0.39, 0.29) is 37.5 Å². The smallest absolute Gasteiger partial charge is 0.290 e. The number of likely N-dealkylation sites (tertiary alicyclic amines) is 1. The lowest BCUT2D eigenvalue weighted by Gasteiger charge is -2.31. The van der Waals surface area contributed by atoms with Crippen molar-refractivity contribution in [3.8, 4) is 22.5 Å². The molecule has 5 aromatic rings. The third-order valence-electron chi connectivity index (χ3n) is 6.47. The first kappa shape index (κ1) is 26.7. The fraction of sp³-hybridized carbons (Fsp3) is 0.269. The van der Waals surface area contributed by atoms with Gasteiger partial charge in [0, 0.05) is 66.1 Å². The van der Waals surface area contributed by atoms with E-state index in [0.29, 0.717) is 16.9 Å². The molecule has 6 rings (SSSR count). The number of fused-ring (bicyclic) bond motifs is 2. The molecule has 12 heteroatoms. The molecule has 5 heterocycles. The summed E-state index contributed by atoms with van der Waals surface area (Å²) >= 11 is 1.29. The topological polar surface area (TPSA) is 140 Å². The first-order valence-electron chi connectivity index (χ1n) is 11.5. The molecule has 0 saturated carbocycles. The largest absolute Gasteiger partial charge is 0.483 e. The number of nitrogens with two attached hydrogens (primary N) is 1. The summed E-state index contributed by atoms with van der Waals surface area (Å²) in [7, 11) is 0. The van der Waals surface area contributed by atoms with Crippen LogP contribution in [0.15, 0.2) is 47.4 Å². The van der Waals surface area contributed by atoms with Crippen LogP contribution in [0.1, 0.15) is 33.2 Å². The van der Waals surface area contributed by atoms with Crippen molar-refractivity contribution in [3.63, 3.8) is 0 Å². The van der Waals surface area contributed by atoms with E-state index >= 15 is 0 Å². The van der Waals surface area contributed by atoms with Crippen molar-refractivity contribution in [1.29, 1.82) is 0 Å². The van der Waals surface area contributed by atoms with Crippen LogP contribution >= 0.6 is 11.5 Å². The van der Waals surface area contributed by atoms with Gasteiger partial charge in [0.05, 0.1) is 16.9 Å². The number of amides is 1. The molecule has 0 bridgehead atoms. The lowest BCUT2D eigenvalue weighted by atomic mass is 10.0.